The van der Waals surface area contributed by atoms with Gasteiger partial charge in [-0.3, -0.25) is 24.6 Å². The van der Waals surface area contributed by atoms with E-state index >= 15 is 0 Å². The molecule has 1 N–H and O–H groups in total. The second-order valence-corrected chi connectivity index (χ2v) is 6.83. The van der Waals surface area contributed by atoms with Crippen LogP contribution in [0, 0.1) is 10.1 Å². The Labute approximate surface area is 164 Å². The predicted octanol–water partition coefficient (Wildman–Crippen LogP) is 2.52. The largest absolute Gasteiger partial charge is 0.478 e. The molecule has 3 heterocycles. The lowest BCUT2D eigenvalue weighted by molar-refractivity contribution is -0.383. The summed E-state index contributed by atoms with van der Waals surface area (Å²) in [6, 6.07) is 5.99. The number of non-ortho nitro benzene ring substituents is 1. The first-order valence-corrected chi connectivity index (χ1v) is 9.04. The maximum absolute atomic E-state index is 13.0. The Kier molecular flexibility index (Phi) is 4.67. The quantitative estimate of drug-likeness (QED) is 0.530. The maximum Gasteiger partial charge on any atom is 0.338 e. The number of pyridine rings is 1. The van der Waals surface area contributed by atoms with E-state index in [4.69, 9.17) is 5.11 Å². The van der Waals surface area contributed by atoms with Crippen LogP contribution in [0.5, 0.6) is 0 Å². The minimum atomic E-state index is -1.03. The zero-order valence-corrected chi connectivity index (χ0v) is 15.3. The molecule has 0 unspecified atom stereocenters. The zero-order valence-electron chi connectivity index (χ0n) is 15.3. The van der Waals surface area contributed by atoms with E-state index in [1.54, 1.807) is 21.7 Å². The van der Waals surface area contributed by atoms with Gasteiger partial charge in [0, 0.05) is 31.5 Å². The number of nitrogens with zero attached hydrogens (tertiary/aromatic N) is 5. The van der Waals surface area contributed by atoms with E-state index in [-0.39, 0.29) is 23.2 Å². The summed E-state index contributed by atoms with van der Waals surface area (Å²) in [7, 11) is 0. The van der Waals surface area contributed by atoms with Crippen LogP contribution in [0.4, 0.5) is 5.69 Å². The number of fused-ring (bicyclic) bond motifs is 1. The third kappa shape index (κ3) is 3.40. The molecular formula is C19H17N5O5. The highest BCUT2D eigenvalue weighted by molar-refractivity contribution is 6.07. The third-order valence-corrected chi connectivity index (χ3v) is 5.15. The zero-order chi connectivity index (χ0) is 20.5. The van der Waals surface area contributed by atoms with Crippen LogP contribution in [0.3, 0.4) is 0 Å². The van der Waals surface area contributed by atoms with Crippen LogP contribution in [0.25, 0.3) is 10.9 Å². The van der Waals surface area contributed by atoms with E-state index in [9.17, 15) is 19.7 Å². The molecule has 0 aliphatic carbocycles. The smallest absolute Gasteiger partial charge is 0.338 e. The summed E-state index contributed by atoms with van der Waals surface area (Å²) < 4.78 is 1.63. The molecule has 1 aromatic carbocycles. The molecule has 2 aromatic heterocycles. The Bertz CT molecular complexity index is 1120. The molecule has 10 nitrogen and oxygen atoms in total. The Hall–Kier alpha value is -3.82. The molecular weight excluding hydrogens is 378 g/mol. The lowest BCUT2D eigenvalue weighted by atomic mass is 10.0. The molecule has 10 heteroatoms. The minimum Gasteiger partial charge on any atom is -0.478 e. The number of carboxylic acids is 1. The number of likely N-dealkylation sites (tertiary alicyclic amines) is 1. The topological polar surface area (TPSA) is 131 Å². The third-order valence-electron chi connectivity index (χ3n) is 5.15. The van der Waals surface area contributed by atoms with E-state index in [0.717, 1.165) is 0 Å². The second kappa shape index (κ2) is 7.30. The molecule has 0 spiro atoms. The number of carbonyl (C=O) groups is 2. The SMILES string of the molecule is O=C(O)c1cnn(C2CCN(C(=O)c3ccc([N+](=O)[O-])c4cccnc34)CC2)c1. The number of piperidine rings is 1. The summed E-state index contributed by atoms with van der Waals surface area (Å²) in [5.74, 6) is -1.25. The number of carbonyl (C=O) groups excluding carboxylic acids is 1. The fourth-order valence-electron chi connectivity index (χ4n) is 3.64. The van der Waals surface area contributed by atoms with E-state index in [1.165, 1.54) is 30.7 Å². The predicted molar refractivity (Wildman–Crippen MR) is 102 cm³/mol. The number of aromatic carboxylic acids is 1. The van der Waals surface area contributed by atoms with Crippen molar-refractivity contribution in [3.8, 4) is 0 Å². The molecule has 148 valence electrons. The van der Waals surface area contributed by atoms with Gasteiger partial charge in [0.25, 0.3) is 11.6 Å². The van der Waals surface area contributed by atoms with E-state index in [1.807, 2.05) is 0 Å². The number of rotatable bonds is 4. The Morgan fingerprint density at radius 1 is 1.21 bits per heavy atom. The van der Waals surface area contributed by atoms with Crippen LogP contribution >= 0.6 is 0 Å². The van der Waals surface area contributed by atoms with Gasteiger partial charge in [-0.1, -0.05) is 0 Å². The molecule has 3 aromatic rings. The molecule has 1 aliphatic rings. The number of aromatic nitrogens is 3. The van der Waals surface area contributed by atoms with Crippen molar-refractivity contribution in [3.63, 3.8) is 0 Å². The van der Waals surface area contributed by atoms with Crippen LogP contribution in [0.1, 0.15) is 39.6 Å². The highest BCUT2D eigenvalue weighted by atomic mass is 16.6. The Balaban J connectivity index is 1.53. The lowest BCUT2D eigenvalue weighted by Crippen LogP contribution is -2.39. The van der Waals surface area contributed by atoms with Crippen molar-refractivity contribution in [2.24, 2.45) is 0 Å². The summed E-state index contributed by atoms with van der Waals surface area (Å²) in [5, 5.41) is 24.7. The Morgan fingerprint density at radius 2 is 1.97 bits per heavy atom. The number of carboxylic acid groups (broad SMARTS) is 1. The number of hydrogen-bond acceptors (Lipinski definition) is 6. The van der Waals surface area contributed by atoms with Gasteiger partial charge in [0.1, 0.15) is 0 Å². The molecule has 0 radical (unpaired) electrons. The average Bonchev–Trinajstić information content (AvgIpc) is 3.23. The van der Waals surface area contributed by atoms with E-state index in [0.29, 0.717) is 42.4 Å². The van der Waals surface area contributed by atoms with E-state index in [2.05, 4.69) is 10.1 Å². The monoisotopic (exact) mass is 395 g/mol. The molecule has 1 fully saturated rings. The number of nitro groups is 1. The van der Waals surface area contributed by atoms with E-state index < -0.39 is 10.9 Å². The van der Waals surface area contributed by atoms with Gasteiger partial charge in [0.15, 0.2) is 0 Å². The van der Waals surface area contributed by atoms with Gasteiger partial charge in [-0.25, -0.2) is 4.79 Å². The standard InChI is InChI=1S/C19H17N5O5/c25-18(15-3-4-16(24(28)29)14-2-1-7-20-17(14)15)22-8-5-13(6-9-22)23-11-12(10-21-23)19(26)27/h1-4,7,10-11,13H,5-6,8-9H2,(H,26,27). The maximum atomic E-state index is 13.0. The molecule has 1 amide bonds. The van der Waals surface area contributed by atoms with Crippen LogP contribution in [-0.2, 0) is 0 Å². The van der Waals surface area contributed by atoms with Gasteiger partial charge < -0.3 is 10.0 Å². The fourth-order valence-corrected chi connectivity index (χ4v) is 3.64. The van der Waals surface area contributed by atoms with Crippen molar-refractivity contribution in [2.45, 2.75) is 18.9 Å². The highest BCUT2D eigenvalue weighted by Gasteiger charge is 2.28. The second-order valence-electron chi connectivity index (χ2n) is 6.83. The van der Waals surface area contributed by atoms with Gasteiger partial charge in [-0.15, -0.1) is 0 Å². The minimum absolute atomic E-state index is 0.0129. The molecule has 0 atom stereocenters. The molecule has 29 heavy (non-hydrogen) atoms. The van der Waals surface area contributed by atoms with Gasteiger partial charge >= 0.3 is 5.97 Å². The van der Waals surface area contributed by atoms with Crippen LogP contribution < -0.4 is 0 Å². The first-order chi connectivity index (χ1) is 14.0. The van der Waals surface area contributed by atoms with Crippen LogP contribution in [-0.4, -0.2) is 54.7 Å². The summed E-state index contributed by atoms with van der Waals surface area (Å²) in [4.78, 5) is 40.7. The van der Waals surface area contributed by atoms with Gasteiger partial charge in [-0.05, 0) is 31.0 Å². The molecule has 1 saturated heterocycles. The van der Waals surface area contributed by atoms with Gasteiger partial charge in [0.05, 0.1) is 39.2 Å². The van der Waals surface area contributed by atoms with Crippen molar-refractivity contribution in [2.75, 3.05) is 13.1 Å². The van der Waals surface area contributed by atoms with Gasteiger partial charge in [0.2, 0.25) is 0 Å². The number of amides is 1. The van der Waals surface area contributed by atoms with Gasteiger partial charge in [-0.2, -0.15) is 5.10 Å². The van der Waals surface area contributed by atoms with Crippen molar-refractivity contribution < 1.29 is 19.6 Å². The summed E-state index contributed by atoms with van der Waals surface area (Å²) >= 11 is 0. The van der Waals surface area contributed by atoms with Crippen molar-refractivity contribution in [1.29, 1.82) is 0 Å². The number of benzene rings is 1. The molecule has 4 rings (SSSR count). The van der Waals surface area contributed by atoms with Crippen LogP contribution in [0.2, 0.25) is 0 Å². The average molecular weight is 395 g/mol. The van der Waals surface area contributed by atoms with Crippen molar-refractivity contribution in [3.05, 3.63) is 64.1 Å². The molecule has 1 aliphatic heterocycles. The molecule has 0 bridgehead atoms. The first kappa shape index (κ1) is 18.5. The summed E-state index contributed by atoms with van der Waals surface area (Å²) in [5.41, 5.74) is 0.687. The van der Waals surface area contributed by atoms with Crippen molar-refractivity contribution >= 4 is 28.5 Å². The summed E-state index contributed by atoms with van der Waals surface area (Å²) in [6.07, 6.45) is 5.58. The fraction of sp³-hybridized carbons (Fsp3) is 0.263. The Morgan fingerprint density at radius 3 is 2.62 bits per heavy atom. The van der Waals surface area contributed by atoms with Crippen molar-refractivity contribution in [1.82, 2.24) is 19.7 Å². The number of hydrogen-bond donors (Lipinski definition) is 1. The summed E-state index contributed by atoms with van der Waals surface area (Å²) in [6.45, 7) is 0.939. The molecule has 0 saturated carbocycles. The highest BCUT2D eigenvalue weighted by Crippen LogP contribution is 2.29. The number of nitro benzene ring substituents is 1. The first-order valence-electron chi connectivity index (χ1n) is 9.04. The lowest BCUT2D eigenvalue weighted by Gasteiger charge is -2.32. The van der Waals surface area contributed by atoms with Crippen LogP contribution in [0.15, 0.2) is 42.9 Å². The normalized spacial score (nSPS) is 14.8.